The topological polar surface area (TPSA) is 63.7 Å². The maximum atomic E-state index is 13.3. The van der Waals surface area contributed by atoms with E-state index in [1.807, 2.05) is 44.2 Å². The van der Waals surface area contributed by atoms with Crippen LogP contribution in [0.5, 0.6) is 0 Å². The Kier molecular flexibility index (Phi) is 7.84. The number of benzene rings is 2. The zero-order valence-corrected chi connectivity index (χ0v) is 21.9. The van der Waals surface area contributed by atoms with Crippen LogP contribution in [-0.4, -0.2) is 42.4 Å². The number of amides is 1. The second kappa shape index (κ2) is 9.95. The van der Waals surface area contributed by atoms with Gasteiger partial charge >= 0.3 is 0 Å². The lowest BCUT2D eigenvalue weighted by atomic mass is 9.90. The minimum atomic E-state index is -3.49. The summed E-state index contributed by atoms with van der Waals surface area (Å²) in [4.78, 5) is 15.0. The molecule has 1 heterocycles. The Balaban J connectivity index is 2.15. The van der Waals surface area contributed by atoms with E-state index in [1.54, 1.807) is 43.9 Å². The number of nitrogens with zero attached hydrogens (tertiary/aromatic N) is 1. The Morgan fingerprint density at radius 3 is 2.21 bits per heavy atom. The molecular weight excluding hydrogens is 481 g/mol. The van der Waals surface area contributed by atoms with Crippen molar-refractivity contribution >= 4 is 38.9 Å². The van der Waals surface area contributed by atoms with E-state index in [0.717, 1.165) is 11.1 Å². The van der Waals surface area contributed by atoms with Gasteiger partial charge in [-0.3, -0.25) is 4.79 Å². The van der Waals surface area contributed by atoms with Gasteiger partial charge in [-0.1, -0.05) is 61.3 Å². The van der Waals surface area contributed by atoms with E-state index in [1.165, 1.54) is 0 Å². The van der Waals surface area contributed by atoms with E-state index in [0.29, 0.717) is 10.0 Å². The van der Waals surface area contributed by atoms with Crippen molar-refractivity contribution in [3.8, 4) is 0 Å². The van der Waals surface area contributed by atoms with Crippen LogP contribution in [-0.2, 0) is 19.4 Å². The van der Waals surface area contributed by atoms with Crippen LogP contribution in [0.15, 0.2) is 48.5 Å². The van der Waals surface area contributed by atoms with Crippen LogP contribution in [0.4, 0.5) is 0 Å². The molecule has 1 fully saturated rings. The van der Waals surface area contributed by atoms with Crippen molar-refractivity contribution < 1.29 is 17.9 Å². The van der Waals surface area contributed by atoms with Gasteiger partial charge in [0.25, 0.3) is 0 Å². The van der Waals surface area contributed by atoms with Crippen molar-refractivity contribution in [2.24, 2.45) is 5.92 Å². The fraction of sp³-hybridized carbons (Fsp3) is 0.480. The predicted octanol–water partition coefficient (Wildman–Crippen LogP) is 5.87. The van der Waals surface area contributed by atoms with Gasteiger partial charge in [-0.25, -0.2) is 8.42 Å². The average molecular weight is 512 g/mol. The van der Waals surface area contributed by atoms with Crippen LogP contribution in [0.3, 0.4) is 0 Å². The highest BCUT2D eigenvalue weighted by atomic mass is 35.5. The van der Waals surface area contributed by atoms with Gasteiger partial charge in [0.15, 0.2) is 9.84 Å². The molecule has 1 aliphatic rings. The number of rotatable bonds is 6. The minimum Gasteiger partial charge on any atom is -0.361 e. The van der Waals surface area contributed by atoms with E-state index >= 15 is 0 Å². The smallest absolute Gasteiger partial charge is 0.249 e. The Morgan fingerprint density at radius 2 is 1.67 bits per heavy atom. The summed E-state index contributed by atoms with van der Waals surface area (Å²) in [5, 5.41) is 1.13. The first-order chi connectivity index (χ1) is 15.3. The van der Waals surface area contributed by atoms with E-state index < -0.39 is 32.8 Å². The molecule has 0 aliphatic carbocycles. The zero-order chi connectivity index (χ0) is 24.6. The standard InChI is InChI=1S/C25H31Cl2NO4S/c1-16(2)21(15-33(30,31)25(3,4)5)28-22(29)14-32-24(18-7-6-8-20(27)13-18)23(28)17-9-11-19(26)12-10-17/h6-13,16,21,23-24H,14-15H2,1-5H3/t21-,23-,24-/m1/s1. The van der Waals surface area contributed by atoms with Crippen LogP contribution in [0.2, 0.25) is 10.0 Å². The first-order valence-corrected chi connectivity index (χ1v) is 13.4. The van der Waals surface area contributed by atoms with E-state index in [9.17, 15) is 13.2 Å². The van der Waals surface area contributed by atoms with Crippen LogP contribution < -0.4 is 0 Å². The maximum absolute atomic E-state index is 13.3. The Morgan fingerprint density at radius 1 is 1.03 bits per heavy atom. The van der Waals surface area contributed by atoms with E-state index in [2.05, 4.69) is 0 Å². The van der Waals surface area contributed by atoms with Crippen LogP contribution in [0, 0.1) is 5.92 Å². The molecule has 180 valence electrons. The lowest BCUT2D eigenvalue weighted by Gasteiger charge is -2.47. The summed E-state index contributed by atoms with van der Waals surface area (Å²) in [6, 6.07) is 13.5. The first kappa shape index (κ1) is 26.0. The second-order valence-electron chi connectivity index (χ2n) is 9.79. The molecule has 1 amide bonds. The molecule has 2 aromatic rings. The number of carbonyl (C=O) groups is 1. The first-order valence-electron chi connectivity index (χ1n) is 11.0. The molecule has 0 spiro atoms. The fourth-order valence-corrected chi connectivity index (χ4v) is 5.87. The molecule has 0 aromatic heterocycles. The number of sulfone groups is 1. The maximum Gasteiger partial charge on any atom is 0.249 e. The zero-order valence-electron chi connectivity index (χ0n) is 19.6. The summed E-state index contributed by atoms with van der Waals surface area (Å²) in [7, 11) is -3.49. The third-order valence-electron chi connectivity index (χ3n) is 6.10. The summed E-state index contributed by atoms with van der Waals surface area (Å²) in [5.74, 6) is -0.471. The van der Waals surface area contributed by atoms with Gasteiger partial charge in [-0.2, -0.15) is 0 Å². The van der Waals surface area contributed by atoms with Crippen LogP contribution in [0.25, 0.3) is 0 Å². The molecule has 0 unspecified atom stereocenters. The number of ether oxygens (including phenoxy) is 1. The monoisotopic (exact) mass is 511 g/mol. The summed E-state index contributed by atoms with van der Waals surface area (Å²) in [6.07, 6.45) is -0.513. The van der Waals surface area contributed by atoms with E-state index in [4.69, 9.17) is 27.9 Å². The molecule has 0 N–H and O–H groups in total. The minimum absolute atomic E-state index is 0.0982. The Hall–Kier alpha value is -1.60. The highest BCUT2D eigenvalue weighted by Crippen LogP contribution is 2.43. The number of hydrogen-bond donors (Lipinski definition) is 0. The number of morpholine rings is 1. The third-order valence-corrected chi connectivity index (χ3v) is 9.23. The molecule has 1 saturated heterocycles. The molecule has 0 radical (unpaired) electrons. The highest BCUT2D eigenvalue weighted by Gasteiger charge is 2.45. The number of carbonyl (C=O) groups excluding carboxylic acids is 1. The molecule has 33 heavy (non-hydrogen) atoms. The Labute approximate surface area is 206 Å². The van der Waals surface area contributed by atoms with Crippen LogP contribution >= 0.6 is 23.2 Å². The van der Waals surface area contributed by atoms with E-state index in [-0.39, 0.29) is 24.2 Å². The lowest BCUT2D eigenvalue weighted by Crippen LogP contribution is -2.55. The van der Waals surface area contributed by atoms with Gasteiger partial charge < -0.3 is 9.64 Å². The molecule has 0 saturated carbocycles. The average Bonchev–Trinajstić information content (AvgIpc) is 2.72. The van der Waals surface area contributed by atoms with Crippen molar-refractivity contribution in [2.75, 3.05) is 12.4 Å². The van der Waals surface area contributed by atoms with Gasteiger partial charge in [0.05, 0.1) is 16.5 Å². The van der Waals surface area contributed by atoms with Crippen molar-refractivity contribution in [1.82, 2.24) is 4.90 Å². The van der Waals surface area contributed by atoms with Gasteiger partial charge in [0, 0.05) is 16.1 Å². The summed E-state index contributed by atoms with van der Waals surface area (Å²) >= 11 is 12.4. The van der Waals surface area contributed by atoms with Gasteiger partial charge in [0.1, 0.15) is 12.7 Å². The lowest BCUT2D eigenvalue weighted by molar-refractivity contribution is -0.164. The third kappa shape index (κ3) is 5.73. The molecule has 3 atom stereocenters. The largest absolute Gasteiger partial charge is 0.361 e. The van der Waals surface area contributed by atoms with Crippen molar-refractivity contribution in [2.45, 2.75) is 57.6 Å². The van der Waals surface area contributed by atoms with Gasteiger partial charge in [-0.15, -0.1) is 0 Å². The number of halogens is 2. The summed E-state index contributed by atoms with van der Waals surface area (Å²) in [6.45, 7) is 8.81. The molecule has 0 bridgehead atoms. The van der Waals surface area contributed by atoms with Gasteiger partial charge in [0.2, 0.25) is 5.91 Å². The van der Waals surface area contributed by atoms with Crippen molar-refractivity contribution in [1.29, 1.82) is 0 Å². The Bertz CT molecular complexity index is 1090. The molecular formula is C25H31Cl2NO4S. The highest BCUT2D eigenvalue weighted by molar-refractivity contribution is 7.92. The molecule has 3 rings (SSSR count). The fourth-order valence-electron chi connectivity index (χ4n) is 4.05. The number of hydrogen-bond acceptors (Lipinski definition) is 4. The molecule has 8 heteroatoms. The van der Waals surface area contributed by atoms with Gasteiger partial charge in [-0.05, 0) is 62.1 Å². The SMILES string of the molecule is CC(C)[C@@H](CS(=O)(=O)C(C)(C)C)N1C(=O)CO[C@H](c2cccc(Cl)c2)[C@H]1c1ccc(Cl)cc1. The van der Waals surface area contributed by atoms with Crippen LogP contribution in [0.1, 0.15) is 57.9 Å². The normalized spacial score (nSPS) is 20.8. The molecule has 2 aromatic carbocycles. The summed E-state index contributed by atoms with van der Waals surface area (Å²) < 4.78 is 31.5. The summed E-state index contributed by atoms with van der Waals surface area (Å²) in [5.41, 5.74) is 1.64. The molecule has 1 aliphatic heterocycles. The quantitative estimate of drug-likeness (QED) is 0.486. The molecule has 5 nitrogen and oxygen atoms in total. The predicted molar refractivity (Wildman–Crippen MR) is 133 cm³/mol. The van der Waals surface area contributed by atoms with Crippen molar-refractivity contribution in [3.63, 3.8) is 0 Å². The second-order valence-corrected chi connectivity index (χ2v) is 13.4. The van der Waals surface area contributed by atoms with Crippen molar-refractivity contribution in [3.05, 3.63) is 69.7 Å².